The first kappa shape index (κ1) is 19.0. The van der Waals surface area contributed by atoms with Crippen molar-refractivity contribution in [3.05, 3.63) is 35.4 Å². The normalized spacial score (nSPS) is 12.8. The highest BCUT2D eigenvalue weighted by Gasteiger charge is 2.31. The number of benzene rings is 1. The Morgan fingerprint density at radius 2 is 1.87 bits per heavy atom. The Morgan fingerprint density at radius 1 is 1.22 bits per heavy atom. The summed E-state index contributed by atoms with van der Waals surface area (Å²) in [6.07, 6.45) is -4.35. The van der Waals surface area contributed by atoms with Crippen molar-refractivity contribution in [3.63, 3.8) is 0 Å². The number of nitrogens with one attached hydrogen (secondary N) is 2. The summed E-state index contributed by atoms with van der Waals surface area (Å²) < 4.78 is 38.4. The molecule has 128 valence electrons. The lowest BCUT2D eigenvalue weighted by atomic mass is 9.94. The van der Waals surface area contributed by atoms with Gasteiger partial charge in [-0.25, -0.2) is 0 Å². The SMILES string of the molecule is CC(=O)NCCC(=O)NC(c1cccc(C(F)(F)F)c1)C(C)C. The van der Waals surface area contributed by atoms with Crippen molar-refractivity contribution < 1.29 is 22.8 Å². The summed E-state index contributed by atoms with van der Waals surface area (Å²) in [4.78, 5) is 22.7. The zero-order valence-corrected chi connectivity index (χ0v) is 13.3. The van der Waals surface area contributed by atoms with Crippen molar-refractivity contribution in [3.8, 4) is 0 Å². The number of alkyl halides is 3. The summed E-state index contributed by atoms with van der Waals surface area (Å²) in [7, 11) is 0. The maximum Gasteiger partial charge on any atom is 0.416 e. The second-order valence-corrected chi connectivity index (χ2v) is 5.65. The summed E-state index contributed by atoms with van der Waals surface area (Å²) in [6, 6.07) is 4.42. The van der Waals surface area contributed by atoms with E-state index >= 15 is 0 Å². The predicted octanol–water partition coefficient (Wildman–Crippen LogP) is 3.04. The number of hydrogen-bond donors (Lipinski definition) is 2. The average molecular weight is 330 g/mol. The lowest BCUT2D eigenvalue weighted by Crippen LogP contribution is -2.34. The van der Waals surface area contributed by atoms with E-state index in [0.29, 0.717) is 5.56 Å². The molecule has 4 nitrogen and oxygen atoms in total. The summed E-state index contributed by atoms with van der Waals surface area (Å²) >= 11 is 0. The molecule has 1 unspecified atom stereocenters. The lowest BCUT2D eigenvalue weighted by Gasteiger charge is -2.24. The van der Waals surface area contributed by atoms with Crippen molar-refractivity contribution >= 4 is 11.8 Å². The zero-order valence-electron chi connectivity index (χ0n) is 13.3. The molecule has 0 saturated carbocycles. The highest BCUT2D eigenvalue weighted by Crippen LogP contribution is 2.32. The molecule has 0 aliphatic carbocycles. The molecule has 0 aromatic heterocycles. The Labute approximate surface area is 133 Å². The topological polar surface area (TPSA) is 58.2 Å². The molecule has 0 spiro atoms. The third-order valence-corrected chi connectivity index (χ3v) is 3.28. The van der Waals surface area contributed by atoms with Crippen LogP contribution >= 0.6 is 0 Å². The predicted molar refractivity (Wildman–Crippen MR) is 80.5 cm³/mol. The standard InChI is InChI=1S/C16H21F3N2O2/c1-10(2)15(21-14(23)7-8-20-11(3)22)12-5-4-6-13(9-12)16(17,18)19/h4-6,9-10,15H,7-8H2,1-3H3,(H,20,22)(H,21,23). The molecule has 0 aliphatic heterocycles. The van der Waals surface area contributed by atoms with E-state index in [4.69, 9.17) is 0 Å². The zero-order chi connectivity index (χ0) is 17.6. The number of rotatable bonds is 6. The third-order valence-electron chi connectivity index (χ3n) is 3.28. The van der Waals surface area contributed by atoms with Gasteiger partial charge in [0.05, 0.1) is 11.6 Å². The summed E-state index contributed by atoms with van der Waals surface area (Å²) in [6.45, 7) is 5.17. The van der Waals surface area contributed by atoms with Gasteiger partial charge in [0.15, 0.2) is 0 Å². The largest absolute Gasteiger partial charge is 0.416 e. The maximum atomic E-state index is 12.8. The molecule has 0 aliphatic rings. The van der Waals surface area contributed by atoms with Crippen LogP contribution in [0.5, 0.6) is 0 Å². The van der Waals surface area contributed by atoms with E-state index in [9.17, 15) is 22.8 Å². The van der Waals surface area contributed by atoms with Crippen LogP contribution in [-0.2, 0) is 15.8 Å². The molecule has 1 atom stereocenters. The molecule has 1 aromatic carbocycles. The minimum Gasteiger partial charge on any atom is -0.356 e. The highest BCUT2D eigenvalue weighted by atomic mass is 19.4. The van der Waals surface area contributed by atoms with Crippen LogP contribution in [-0.4, -0.2) is 18.4 Å². The first-order valence-corrected chi connectivity index (χ1v) is 7.32. The molecule has 0 radical (unpaired) electrons. The van der Waals surface area contributed by atoms with Crippen molar-refractivity contribution in [2.75, 3.05) is 6.54 Å². The van der Waals surface area contributed by atoms with Crippen molar-refractivity contribution in [1.82, 2.24) is 10.6 Å². The van der Waals surface area contributed by atoms with Gasteiger partial charge in [-0.3, -0.25) is 9.59 Å². The second-order valence-electron chi connectivity index (χ2n) is 5.65. The number of amides is 2. The molecule has 2 amide bonds. The van der Waals surface area contributed by atoms with Crippen molar-refractivity contribution in [2.45, 2.75) is 39.4 Å². The Kier molecular flexibility index (Phi) is 6.60. The van der Waals surface area contributed by atoms with E-state index in [1.807, 2.05) is 13.8 Å². The quantitative estimate of drug-likeness (QED) is 0.842. The minimum atomic E-state index is -4.42. The smallest absolute Gasteiger partial charge is 0.356 e. The van der Waals surface area contributed by atoms with Crippen LogP contribution in [0.1, 0.15) is 44.4 Å². The fourth-order valence-corrected chi connectivity index (χ4v) is 2.14. The highest BCUT2D eigenvalue weighted by molar-refractivity contribution is 5.78. The van der Waals surface area contributed by atoms with Gasteiger partial charge < -0.3 is 10.6 Å². The van der Waals surface area contributed by atoms with E-state index in [0.717, 1.165) is 12.1 Å². The van der Waals surface area contributed by atoms with Crippen LogP contribution in [0.15, 0.2) is 24.3 Å². The minimum absolute atomic E-state index is 0.0712. The Hall–Kier alpha value is -2.05. The van der Waals surface area contributed by atoms with E-state index in [1.54, 1.807) is 6.07 Å². The van der Waals surface area contributed by atoms with Crippen LogP contribution in [0.2, 0.25) is 0 Å². The van der Waals surface area contributed by atoms with Gasteiger partial charge >= 0.3 is 6.18 Å². The van der Waals surface area contributed by atoms with Gasteiger partial charge in [0.2, 0.25) is 11.8 Å². The molecule has 7 heteroatoms. The van der Waals surface area contributed by atoms with Crippen LogP contribution in [0.4, 0.5) is 13.2 Å². The van der Waals surface area contributed by atoms with Gasteiger partial charge in [-0.1, -0.05) is 26.0 Å². The summed E-state index contributed by atoms with van der Waals surface area (Å²) in [5, 5.41) is 5.23. The number of carbonyl (C=O) groups is 2. The molecule has 2 N–H and O–H groups in total. The Morgan fingerprint density at radius 3 is 2.39 bits per heavy atom. The molecule has 23 heavy (non-hydrogen) atoms. The summed E-state index contributed by atoms with van der Waals surface area (Å²) in [5.74, 6) is -0.644. The Bertz CT molecular complexity index is 557. The third kappa shape index (κ3) is 6.30. The number of halogens is 3. The molecule has 0 heterocycles. The maximum absolute atomic E-state index is 12.8. The molecule has 0 saturated heterocycles. The first-order chi connectivity index (χ1) is 10.6. The van der Waals surface area contributed by atoms with Crippen LogP contribution in [0, 0.1) is 5.92 Å². The fraction of sp³-hybridized carbons (Fsp3) is 0.500. The van der Waals surface area contributed by atoms with Crippen LogP contribution in [0.25, 0.3) is 0 Å². The Balaban J connectivity index is 2.83. The van der Waals surface area contributed by atoms with Crippen LogP contribution in [0.3, 0.4) is 0 Å². The van der Waals surface area contributed by atoms with E-state index in [-0.39, 0.29) is 30.7 Å². The first-order valence-electron chi connectivity index (χ1n) is 7.32. The summed E-state index contributed by atoms with van der Waals surface area (Å²) in [5.41, 5.74) is -0.337. The molecular formula is C16H21F3N2O2. The molecule has 0 fully saturated rings. The lowest BCUT2D eigenvalue weighted by molar-refractivity contribution is -0.137. The second kappa shape index (κ2) is 7.99. The van der Waals surface area contributed by atoms with E-state index in [2.05, 4.69) is 10.6 Å². The fourth-order valence-electron chi connectivity index (χ4n) is 2.14. The average Bonchev–Trinajstić information content (AvgIpc) is 2.43. The van der Waals surface area contributed by atoms with Crippen LogP contribution < -0.4 is 10.6 Å². The van der Waals surface area contributed by atoms with Gasteiger partial charge in [0.1, 0.15) is 0 Å². The van der Waals surface area contributed by atoms with Gasteiger partial charge in [-0.15, -0.1) is 0 Å². The van der Waals surface area contributed by atoms with E-state index < -0.39 is 17.8 Å². The van der Waals surface area contributed by atoms with Crippen molar-refractivity contribution in [2.24, 2.45) is 5.92 Å². The molecular weight excluding hydrogens is 309 g/mol. The van der Waals surface area contributed by atoms with Gasteiger partial charge in [0, 0.05) is 19.9 Å². The molecule has 1 aromatic rings. The van der Waals surface area contributed by atoms with E-state index in [1.165, 1.54) is 13.0 Å². The van der Waals surface area contributed by atoms with Gasteiger partial charge in [-0.05, 0) is 23.6 Å². The van der Waals surface area contributed by atoms with Gasteiger partial charge in [0.25, 0.3) is 0 Å². The number of carbonyl (C=O) groups excluding carboxylic acids is 2. The monoisotopic (exact) mass is 330 g/mol. The molecule has 1 rings (SSSR count). The van der Waals surface area contributed by atoms with Gasteiger partial charge in [-0.2, -0.15) is 13.2 Å². The number of hydrogen-bond acceptors (Lipinski definition) is 2. The van der Waals surface area contributed by atoms with Crippen molar-refractivity contribution in [1.29, 1.82) is 0 Å². The molecule has 0 bridgehead atoms.